The van der Waals surface area contributed by atoms with Gasteiger partial charge in [-0.1, -0.05) is 21.3 Å². The number of nitrogens with zero attached hydrogens (tertiary/aromatic N) is 1. The molecule has 0 aromatic carbocycles. The second-order valence-corrected chi connectivity index (χ2v) is 8.49. The maximum Gasteiger partial charge on any atom is 2.00 e. The summed E-state index contributed by atoms with van der Waals surface area (Å²) < 4.78 is 0. The Morgan fingerprint density at radius 1 is 0.889 bits per heavy atom. The fourth-order valence-corrected chi connectivity index (χ4v) is 5.50. The van der Waals surface area contributed by atoms with Crippen LogP contribution in [-0.4, -0.2) is 54.0 Å². The third-order valence-electron chi connectivity index (χ3n) is 6.70. The van der Waals surface area contributed by atoms with Crippen molar-refractivity contribution in [1.29, 1.82) is 0 Å². The number of fused-ring (bicyclic) bond motifs is 2. The van der Waals surface area contributed by atoms with Gasteiger partial charge >= 0.3 is 23.1 Å². The van der Waals surface area contributed by atoms with Gasteiger partial charge < -0.3 is 24.4 Å². The van der Waals surface area contributed by atoms with E-state index in [1.807, 2.05) is 0 Å². The quantitative estimate of drug-likeness (QED) is 0.360. The van der Waals surface area contributed by atoms with Gasteiger partial charge in [0.05, 0.1) is 7.11 Å². The Morgan fingerprint density at radius 2 is 1.22 bits per heavy atom. The van der Waals surface area contributed by atoms with Gasteiger partial charge in [-0.15, -0.1) is 0 Å². The van der Waals surface area contributed by atoms with E-state index in [9.17, 15) is 9.59 Å². The van der Waals surface area contributed by atoms with Gasteiger partial charge in [0.1, 0.15) is 5.78 Å². The van der Waals surface area contributed by atoms with Crippen LogP contribution in [0.1, 0.15) is 53.9 Å². The van der Waals surface area contributed by atoms with Crippen molar-refractivity contribution in [2.45, 2.75) is 53.9 Å². The molecule has 0 aliphatic heterocycles. The summed E-state index contributed by atoms with van der Waals surface area (Å²) in [6, 6.07) is 0. The fraction of sp³-hybridized carbons (Fsp3) is 0.857. The fourth-order valence-electron chi connectivity index (χ4n) is 5.50. The molecule has 4 aliphatic carbocycles. The van der Waals surface area contributed by atoms with Crippen LogP contribution in [0.4, 0.5) is 0 Å². The summed E-state index contributed by atoms with van der Waals surface area (Å²) in [5, 5.41) is 1.37. The number of hydrogen-bond donors (Lipinski definition) is 0. The van der Waals surface area contributed by atoms with Gasteiger partial charge in [-0.2, -0.15) is 0 Å². The molecule has 0 spiro atoms. The number of hydroxylamine groups is 2. The average molecular weight is 457 g/mol. The molecule has 0 N–H and O–H groups in total. The van der Waals surface area contributed by atoms with Crippen LogP contribution >= 0.6 is 0 Å². The largest absolute Gasteiger partial charge is 2.00 e. The van der Waals surface area contributed by atoms with Crippen LogP contribution in [0.25, 0.3) is 0 Å². The zero-order valence-corrected chi connectivity index (χ0v) is 20.2. The second kappa shape index (κ2) is 11.5. The Balaban J connectivity index is 0. The molecule has 4 nitrogen and oxygen atoms in total. The number of halogens is 1. The molecule has 0 aromatic heterocycles. The minimum absolute atomic E-state index is 0. The first-order valence-corrected chi connectivity index (χ1v) is 9.17. The molecule has 4 unspecified atom stereocenters. The first kappa shape index (κ1) is 29.5. The van der Waals surface area contributed by atoms with Gasteiger partial charge in [0, 0.05) is 18.9 Å². The van der Waals surface area contributed by atoms with E-state index in [0.717, 1.165) is 23.7 Å². The SMILES string of the molecule is C.CC(=O)C1[C@H]2CC(C)C[C@@H]12.CON(C)C(=O)C1[C@H]2CC(C)C[C@@H]12.[Br-].[CH3-].[Mg+2]. The van der Waals surface area contributed by atoms with Crippen molar-refractivity contribution in [3.8, 4) is 0 Å². The predicted octanol–water partition coefficient (Wildman–Crippen LogP) is 0.875. The van der Waals surface area contributed by atoms with E-state index < -0.39 is 0 Å². The summed E-state index contributed by atoms with van der Waals surface area (Å²) in [5.74, 6) is 6.02. The van der Waals surface area contributed by atoms with Gasteiger partial charge in [0.2, 0.25) is 5.91 Å². The number of Topliss-reactive ketones (excluding diaryl/α,β-unsaturated/α-hetero) is 1. The van der Waals surface area contributed by atoms with E-state index in [2.05, 4.69) is 13.8 Å². The summed E-state index contributed by atoms with van der Waals surface area (Å²) >= 11 is 0. The van der Waals surface area contributed by atoms with Gasteiger partial charge in [-0.25, -0.2) is 5.06 Å². The van der Waals surface area contributed by atoms with Crippen molar-refractivity contribution < 1.29 is 31.4 Å². The minimum Gasteiger partial charge on any atom is -1.00 e. The van der Waals surface area contributed by atoms with Crippen molar-refractivity contribution in [1.82, 2.24) is 5.06 Å². The zero-order valence-electron chi connectivity index (χ0n) is 17.2. The van der Waals surface area contributed by atoms with Crippen LogP contribution in [-0.2, 0) is 14.4 Å². The van der Waals surface area contributed by atoms with Crippen molar-refractivity contribution >= 4 is 34.7 Å². The maximum atomic E-state index is 11.7. The van der Waals surface area contributed by atoms with Crippen molar-refractivity contribution in [3.05, 3.63) is 7.43 Å². The zero-order chi connectivity index (χ0) is 16.9. The molecule has 6 heteroatoms. The van der Waals surface area contributed by atoms with Crippen molar-refractivity contribution in [3.63, 3.8) is 0 Å². The topological polar surface area (TPSA) is 46.6 Å². The van der Waals surface area contributed by atoms with E-state index in [-0.39, 0.29) is 66.7 Å². The van der Waals surface area contributed by atoms with Crippen LogP contribution < -0.4 is 17.0 Å². The number of rotatable bonds is 3. The third kappa shape index (κ3) is 6.16. The van der Waals surface area contributed by atoms with Crippen LogP contribution in [0.5, 0.6) is 0 Å². The van der Waals surface area contributed by atoms with Crippen molar-refractivity contribution in [2.24, 2.45) is 47.3 Å². The molecule has 8 atom stereocenters. The first-order valence-electron chi connectivity index (χ1n) is 9.17. The molecule has 0 radical (unpaired) electrons. The Labute approximate surface area is 193 Å². The van der Waals surface area contributed by atoms with Gasteiger partial charge in [-0.05, 0) is 68.1 Å². The molecule has 4 fully saturated rings. The molecular formula is C21H38BrMgNO3. The standard InChI is InChI=1S/C10H17NO2.C9H14O.CH4.CH3.BrH.Mg/c1-6-4-7-8(5-6)9(7)10(12)11(2)13-3;1-5-3-7-8(4-5)9(7)6(2)10;;;;/h6-9H,4-5H2,1-3H3;5,7-9H,3-4H2,1-2H3;1H4;1H3;1H;/q;;;-1;;+2/p-1/t6?,7-,8+,9?;5?,7-,8+,9?;;;;. The Hall–Kier alpha value is 0.346. The molecule has 4 saturated carbocycles. The van der Waals surface area contributed by atoms with Gasteiger partial charge in [0.25, 0.3) is 0 Å². The van der Waals surface area contributed by atoms with E-state index in [4.69, 9.17) is 4.84 Å². The van der Waals surface area contributed by atoms with Crippen molar-refractivity contribution in [2.75, 3.05) is 14.2 Å². The Morgan fingerprint density at radius 3 is 1.52 bits per heavy atom. The maximum absolute atomic E-state index is 11.7. The van der Waals surface area contributed by atoms with Gasteiger partial charge in [0.15, 0.2) is 0 Å². The van der Waals surface area contributed by atoms with E-state index >= 15 is 0 Å². The summed E-state index contributed by atoms with van der Waals surface area (Å²) in [5.41, 5.74) is 0. The smallest absolute Gasteiger partial charge is 1.00 e. The molecule has 0 aromatic rings. The van der Waals surface area contributed by atoms with Gasteiger partial charge in [-0.3, -0.25) is 14.4 Å². The number of hydrogen-bond acceptors (Lipinski definition) is 3. The van der Waals surface area contributed by atoms with Crippen LogP contribution in [0, 0.1) is 54.8 Å². The number of carbonyl (C=O) groups excluding carboxylic acids is 2. The Bertz CT molecular complexity index is 480. The van der Waals surface area contributed by atoms with Crippen LogP contribution in [0.2, 0.25) is 0 Å². The minimum atomic E-state index is 0. The number of ketones is 1. The molecule has 1 amide bonds. The molecule has 0 saturated heterocycles. The van der Waals surface area contributed by atoms with Crippen LogP contribution in [0.15, 0.2) is 0 Å². The molecule has 0 heterocycles. The molecular weight excluding hydrogens is 418 g/mol. The summed E-state index contributed by atoms with van der Waals surface area (Å²) in [4.78, 5) is 27.5. The first-order chi connectivity index (χ1) is 10.8. The van der Waals surface area contributed by atoms with Crippen LogP contribution in [0.3, 0.4) is 0 Å². The monoisotopic (exact) mass is 455 g/mol. The summed E-state index contributed by atoms with van der Waals surface area (Å²) in [6.07, 6.45) is 5.10. The molecule has 154 valence electrons. The molecule has 0 bridgehead atoms. The molecule has 4 rings (SSSR count). The third-order valence-corrected chi connectivity index (χ3v) is 6.70. The number of carbonyl (C=O) groups is 2. The van der Waals surface area contributed by atoms with E-state index in [0.29, 0.717) is 23.5 Å². The number of amides is 1. The predicted molar refractivity (Wildman–Crippen MR) is 107 cm³/mol. The normalized spacial score (nSPS) is 38.7. The molecule has 27 heavy (non-hydrogen) atoms. The second-order valence-electron chi connectivity index (χ2n) is 8.49. The van der Waals surface area contributed by atoms with E-state index in [1.165, 1.54) is 30.7 Å². The molecule has 4 aliphatic rings. The Kier molecular flexibility index (Phi) is 12.6. The summed E-state index contributed by atoms with van der Waals surface area (Å²) in [7, 11) is 3.23. The summed E-state index contributed by atoms with van der Waals surface area (Å²) in [6.45, 7) is 6.31. The van der Waals surface area contributed by atoms with E-state index in [1.54, 1.807) is 21.1 Å². The average Bonchev–Trinajstić information content (AvgIpc) is 3.23.